The second-order valence-corrected chi connectivity index (χ2v) is 4.75. The first kappa shape index (κ1) is 14.4. The van der Waals surface area contributed by atoms with E-state index in [0.717, 1.165) is 5.56 Å². The number of halogens is 1. The van der Waals surface area contributed by atoms with Crippen LogP contribution in [-0.4, -0.2) is 31.2 Å². The molecule has 0 bridgehead atoms. The largest absolute Gasteiger partial charge is 0.303 e. The number of anilines is 1. The van der Waals surface area contributed by atoms with E-state index < -0.39 is 0 Å². The number of aromatic nitrogens is 4. The molecule has 1 heterocycles. The van der Waals surface area contributed by atoms with Crippen LogP contribution in [0.2, 0.25) is 5.02 Å². The van der Waals surface area contributed by atoms with Crippen LogP contribution < -0.4 is 10.6 Å². The van der Waals surface area contributed by atoms with Crippen LogP contribution >= 0.6 is 23.8 Å². The molecule has 2 N–H and O–H groups in total. The highest BCUT2D eigenvalue weighted by atomic mass is 35.5. The van der Waals surface area contributed by atoms with Gasteiger partial charge in [-0.1, -0.05) is 28.8 Å². The van der Waals surface area contributed by atoms with Crippen molar-refractivity contribution in [3.63, 3.8) is 0 Å². The standard InChI is InChI=1S/C11H11ClN6OS/c1-18-16-10(15-17-18)14-11(20)13-9(19)6-7-2-4-8(12)5-3-7/h2-5H,6H2,1H3,(H2,13,14,16,19,20). The summed E-state index contributed by atoms with van der Waals surface area (Å²) in [6, 6.07) is 7.01. The van der Waals surface area contributed by atoms with Crippen molar-refractivity contribution in [3.05, 3.63) is 34.9 Å². The molecule has 0 spiro atoms. The molecule has 104 valence electrons. The van der Waals surface area contributed by atoms with Crippen molar-refractivity contribution in [2.45, 2.75) is 6.42 Å². The van der Waals surface area contributed by atoms with E-state index in [1.165, 1.54) is 4.80 Å². The smallest absolute Gasteiger partial charge is 0.269 e. The molecule has 1 aromatic carbocycles. The van der Waals surface area contributed by atoms with Crippen LogP contribution in [0.15, 0.2) is 24.3 Å². The summed E-state index contributed by atoms with van der Waals surface area (Å²) < 4.78 is 0. The highest BCUT2D eigenvalue weighted by Crippen LogP contribution is 2.09. The third-order valence-electron chi connectivity index (χ3n) is 2.26. The van der Waals surface area contributed by atoms with Crippen molar-refractivity contribution in [2.24, 2.45) is 7.05 Å². The third kappa shape index (κ3) is 4.25. The monoisotopic (exact) mass is 310 g/mol. The minimum Gasteiger partial charge on any atom is -0.303 e. The lowest BCUT2D eigenvalue weighted by molar-refractivity contribution is -0.119. The van der Waals surface area contributed by atoms with E-state index in [1.54, 1.807) is 31.3 Å². The molecule has 0 aliphatic rings. The average Bonchev–Trinajstić information content (AvgIpc) is 2.77. The summed E-state index contributed by atoms with van der Waals surface area (Å²) >= 11 is 10.7. The van der Waals surface area contributed by atoms with Gasteiger partial charge in [0.05, 0.1) is 13.5 Å². The van der Waals surface area contributed by atoms with Gasteiger partial charge in [-0.2, -0.15) is 4.80 Å². The zero-order valence-corrected chi connectivity index (χ0v) is 12.1. The number of nitrogens with one attached hydrogen (secondary N) is 2. The summed E-state index contributed by atoms with van der Waals surface area (Å²) in [5, 5.41) is 17.1. The van der Waals surface area contributed by atoms with E-state index in [9.17, 15) is 4.79 Å². The van der Waals surface area contributed by atoms with Crippen molar-refractivity contribution < 1.29 is 4.79 Å². The fourth-order valence-electron chi connectivity index (χ4n) is 1.43. The van der Waals surface area contributed by atoms with Crippen molar-refractivity contribution in [3.8, 4) is 0 Å². The van der Waals surface area contributed by atoms with Crippen molar-refractivity contribution in [1.82, 2.24) is 25.5 Å². The SMILES string of the molecule is Cn1nnc(NC(=S)NC(=O)Cc2ccc(Cl)cc2)n1. The van der Waals surface area contributed by atoms with Crippen LogP contribution in [0.5, 0.6) is 0 Å². The van der Waals surface area contributed by atoms with Crippen molar-refractivity contribution in [1.29, 1.82) is 0 Å². The highest BCUT2D eigenvalue weighted by molar-refractivity contribution is 7.80. The lowest BCUT2D eigenvalue weighted by Gasteiger charge is -2.06. The van der Waals surface area contributed by atoms with Crippen molar-refractivity contribution >= 4 is 40.8 Å². The Bertz CT molecular complexity index is 626. The first-order chi connectivity index (χ1) is 9.52. The minimum atomic E-state index is -0.242. The summed E-state index contributed by atoms with van der Waals surface area (Å²) in [5.74, 6) is -0.0157. The maximum atomic E-state index is 11.8. The van der Waals surface area contributed by atoms with Crippen LogP contribution in [0.4, 0.5) is 5.95 Å². The fraction of sp³-hybridized carbons (Fsp3) is 0.182. The molecule has 0 aliphatic carbocycles. The molecule has 7 nitrogen and oxygen atoms in total. The molecule has 1 aromatic heterocycles. The molecule has 0 radical (unpaired) electrons. The molecule has 20 heavy (non-hydrogen) atoms. The van der Waals surface area contributed by atoms with Gasteiger partial charge < -0.3 is 5.32 Å². The van der Waals surface area contributed by atoms with Gasteiger partial charge in [-0.05, 0) is 35.1 Å². The Morgan fingerprint density at radius 2 is 2.10 bits per heavy atom. The number of amides is 1. The summed E-state index contributed by atoms with van der Waals surface area (Å²) in [5.41, 5.74) is 0.840. The van der Waals surface area contributed by atoms with Gasteiger partial charge in [-0.3, -0.25) is 10.1 Å². The molecular formula is C11H11ClN6OS. The summed E-state index contributed by atoms with van der Waals surface area (Å²) in [4.78, 5) is 13.0. The van der Waals surface area contributed by atoms with Gasteiger partial charge in [0.15, 0.2) is 5.11 Å². The number of aryl methyl sites for hydroxylation is 1. The number of nitrogens with zero attached hydrogens (tertiary/aromatic N) is 4. The number of thiocarbonyl (C=S) groups is 1. The maximum Gasteiger partial charge on any atom is 0.269 e. The maximum absolute atomic E-state index is 11.8. The summed E-state index contributed by atoms with van der Waals surface area (Å²) in [6.45, 7) is 0. The van der Waals surface area contributed by atoms with Crippen LogP contribution in [0.25, 0.3) is 0 Å². The predicted molar refractivity (Wildman–Crippen MR) is 78.3 cm³/mol. The van der Waals surface area contributed by atoms with Crippen LogP contribution in [-0.2, 0) is 18.3 Å². The fourth-order valence-corrected chi connectivity index (χ4v) is 1.76. The van der Waals surface area contributed by atoms with E-state index in [0.29, 0.717) is 5.02 Å². The van der Waals surface area contributed by atoms with Crippen molar-refractivity contribution in [2.75, 3.05) is 5.32 Å². The zero-order valence-electron chi connectivity index (χ0n) is 10.5. The van der Waals surface area contributed by atoms with Crippen LogP contribution in [0.1, 0.15) is 5.56 Å². The summed E-state index contributed by atoms with van der Waals surface area (Å²) in [6.07, 6.45) is 0.201. The second-order valence-electron chi connectivity index (χ2n) is 3.91. The first-order valence-corrected chi connectivity index (χ1v) is 6.41. The molecule has 0 saturated carbocycles. The Morgan fingerprint density at radius 3 is 2.70 bits per heavy atom. The van der Waals surface area contributed by atoms with Gasteiger partial charge in [0.2, 0.25) is 5.91 Å². The molecule has 0 unspecified atom stereocenters. The van der Waals surface area contributed by atoms with E-state index in [2.05, 4.69) is 26.0 Å². The van der Waals surface area contributed by atoms with E-state index in [-0.39, 0.29) is 23.4 Å². The lowest BCUT2D eigenvalue weighted by Crippen LogP contribution is -2.35. The Hall–Kier alpha value is -2.06. The average molecular weight is 311 g/mol. The second kappa shape index (κ2) is 6.40. The van der Waals surface area contributed by atoms with Gasteiger partial charge in [0.1, 0.15) is 0 Å². The minimum absolute atomic E-state index is 0.122. The molecule has 0 atom stereocenters. The number of hydrogen-bond donors (Lipinski definition) is 2. The molecule has 1 amide bonds. The molecule has 2 aromatic rings. The highest BCUT2D eigenvalue weighted by Gasteiger charge is 2.08. The Labute approximate surface area is 125 Å². The molecule has 9 heteroatoms. The van der Waals surface area contributed by atoms with Crippen LogP contribution in [0, 0.1) is 0 Å². The number of benzene rings is 1. The van der Waals surface area contributed by atoms with E-state index >= 15 is 0 Å². The Kier molecular flexibility index (Phi) is 4.59. The molecule has 0 fully saturated rings. The lowest BCUT2D eigenvalue weighted by atomic mass is 10.1. The number of carbonyl (C=O) groups excluding carboxylic acids is 1. The van der Waals surface area contributed by atoms with Gasteiger partial charge in [0, 0.05) is 5.02 Å². The normalized spacial score (nSPS) is 10.1. The van der Waals surface area contributed by atoms with Gasteiger partial charge in [-0.25, -0.2) is 0 Å². The molecule has 0 aliphatic heterocycles. The summed E-state index contributed by atoms with van der Waals surface area (Å²) in [7, 11) is 1.63. The molecular weight excluding hydrogens is 300 g/mol. The van der Waals surface area contributed by atoms with E-state index in [4.69, 9.17) is 23.8 Å². The first-order valence-electron chi connectivity index (χ1n) is 5.62. The van der Waals surface area contributed by atoms with Gasteiger partial charge in [-0.15, -0.1) is 5.10 Å². The number of tetrazole rings is 1. The number of carbonyl (C=O) groups is 1. The molecule has 0 saturated heterocycles. The molecule has 2 rings (SSSR count). The van der Waals surface area contributed by atoms with Crippen LogP contribution in [0.3, 0.4) is 0 Å². The van der Waals surface area contributed by atoms with E-state index in [1.807, 2.05) is 0 Å². The third-order valence-corrected chi connectivity index (χ3v) is 2.72. The zero-order chi connectivity index (χ0) is 14.5. The Balaban J connectivity index is 1.84. The number of hydrogen-bond acceptors (Lipinski definition) is 5. The Morgan fingerprint density at radius 1 is 1.40 bits per heavy atom. The van der Waals surface area contributed by atoms with Gasteiger partial charge >= 0.3 is 0 Å². The quantitative estimate of drug-likeness (QED) is 0.820. The topological polar surface area (TPSA) is 84.7 Å². The van der Waals surface area contributed by atoms with Gasteiger partial charge in [0.25, 0.3) is 5.95 Å². The predicted octanol–water partition coefficient (Wildman–Crippen LogP) is 0.919. The number of rotatable bonds is 3.